The van der Waals surface area contributed by atoms with E-state index in [1.165, 1.54) is 18.7 Å². The Bertz CT molecular complexity index is 516. The highest BCUT2D eigenvalue weighted by Crippen LogP contribution is 2.10. The molecule has 0 aliphatic rings. The molecule has 0 aliphatic heterocycles. The lowest BCUT2D eigenvalue weighted by atomic mass is 10.1. The molecule has 0 fully saturated rings. The van der Waals surface area contributed by atoms with Crippen molar-refractivity contribution in [3.8, 4) is 0 Å². The van der Waals surface area contributed by atoms with E-state index < -0.39 is 18.0 Å². The molecule has 2 amide bonds. The second-order valence-corrected chi connectivity index (χ2v) is 5.37. The van der Waals surface area contributed by atoms with Gasteiger partial charge in [-0.1, -0.05) is 0 Å². The molecule has 0 radical (unpaired) electrons. The minimum absolute atomic E-state index is 0.0694. The molecular formula is C14H17N2O4S-. The van der Waals surface area contributed by atoms with Crippen molar-refractivity contribution >= 4 is 35.2 Å². The lowest BCUT2D eigenvalue weighted by Gasteiger charge is -2.19. The molecule has 1 aromatic rings. The van der Waals surface area contributed by atoms with Crippen LogP contribution < -0.4 is 15.7 Å². The number of aliphatic carboxylic acids is 1. The third-order valence-electron chi connectivity index (χ3n) is 2.75. The number of ketones is 1. The fraction of sp³-hybridized carbons (Fsp3) is 0.357. The number of nitrogens with one attached hydrogen (secondary N) is 2. The van der Waals surface area contributed by atoms with Crippen LogP contribution in [-0.4, -0.2) is 35.8 Å². The molecule has 2 N–H and O–H groups in total. The Kier molecular flexibility index (Phi) is 6.74. The van der Waals surface area contributed by atoms with E-state index in [0.29, 0.717) is 23.4 Å². The number of amides is 2. The number of rotatable bonds is 7. The van der Waals surface area contributed by atoms with Crippen LogP contribution >= 0.6 is 11.8 Å². The van der Waals surface area contributed by atoms with Gasteiger partial charge in [0.15, 0.2) is 5.78 Å². The molecule has 6 nitrogen and oxygen atoms in total. The minimum atomic E-state index is -1.31. The molecule has 0 unspecified atom stereocenters. The third-order valence-corrected chi connectivity index (χ3v) is 3.39. The number of urea groups is 1. The largest absolute Gasteiger partial charge is 0.548 e. The molecule has 0 spiro atoms. The van der Waals surface area contributed by atoms with E-state index in [0.717, 1.165) is 0 Å². The van der Waals surface area contributed by atoms with Crippen molar-refractivity contribution in [2.45, 2.75) is 19.4 Å². The smallest absolute Gasteiger partial charge is 0.319 e. The maximum atomic E-state index is 11.7. The monoisotopic (exact) mass is 309 g/mol. The molecular weight excluding hydrogens is 292 g/mol. The van der Waals surface area contributed by atoms with Crippen LogP contribution in [0.1, 0.15) is 23.7 Å². The van der Waals surface area contributed by atoms with Crippen molar-refractivity contribution in [2.24, 2.45) is 0 Å². The molecule has 0 heterocycles. The average molecular weight is 309 g/mol. The summed E-state index contributed by atoms with van der Waals surface area (Å²) in [7, 11) is 0. The predicted octanol–water partition coefficient (Wildman–Crippen LogP) is 0.882. The maximum Gasteiger partial charge on any atom is 0.319 e. The summed E-state index contributed by atoms with van der Waals surface area (Å²) in [6.07, 6.45) is 2.14. The van der Waals surface area contributed by atoms with Crippen LogP contribution in [0.2, 0.25) is 0 Å². The molecule has 1 rings (SSSR count). The Morgan fingerprint density at radius 3 is 2.33 bits per heavy atom. The molecule has 0 aliphatic carbocycles. The number of thioether (sulfide) groups is 1. The van der Waals surface area contributed by atoms with Crippen molar-refractivity contribution in [1.82, 2.24) is 5.32 Å². The predicted molar refractivity (Wildman–Crippen MR) is 80.4 cm³/mol. The summed E-state index contributed by atoms with van der Waals surface area (Å²) in [5.74, 6) is -0.780. The van der Waals surface area contributed by atoms with Gasteiger partial charge in [0.05, 0.1) is 12.0 Å². The van der Waals surface area contributed by atoms with Gasteiger partial charge in [-0.25, -0.2) is 4.79 Å². The molecule has 0 aromatic heterocycles. The first kappa shape index (κ1) is 17.0. The van der Waals surface area contributed by atoms with Gasteiger partial charge in [0.25, 0.3) is 0 Å². The van der Waals surface area contributed by atoms with Crippen molar-refractivity contribution in [3.63, 3.8) is 0 Å². The van der Waals surface area contributed by atoms with E-state index >= 15 is 0 Å². The van der Waals surface area contributed by atoms with Gasteiger partial charge in [-0.05, 0) is 49.6 Å². The van der Waals surface area contributed by atoms with Crippen molar-refractivity contribution < 1.29 is 19.5 Å². The summed E-state index contributed by atoms with van der Waals surface area (Å²) in [6.45, 7) is 1.45. The maximum absolute atomic E-state index is 11.7. The molecule has 0 saturated heterocycles. The first-order valence-corrected chi connectivity index (χ1v) is 7.71. The van der Waals surface area contributed by atoms with Gasteiger partial charge >= 0.3 is 6.03 Å². The number of hydrogen-bond donors (Lipinski definition) is 2. The summed E-state index contributed by atoms with van der Waals surface area (Å²) in [6, 6.07) is 4.66. The van der Waals surface area contributed by atoms with Gasteiger partial charge < -0.3 is 20.5 Å². The zero-order valence-corrected chi connectivity index (χ0v) is 12.7. The normalized spacial score (nSPS) is 11.5. The van der Waals surface area contributed by atoms with E-state index in [2.05, 4.69) is 10.6 Å². The Balaban J connectivity index is 2.59. The van der Waals surface area contributed by atoms with Crippen LogP contribution in [0.4, 0.5) is 10.5 Å². The summed E-state index contributed by atoms with van der Waals surface area (Å²) >= 11 is 1.49. The number of carbonyl (C=O) groups excluding carboxylic acids is 3. The zero-order chi connectivity index (χ0) is 15.8. The highest BCUT2D eigenvalue weighted by atomic mass is 32.2. The highest BCUT2D eigenvalue weighted by Gasteiger charge is 2.13. The fourth-order valence-electron chi connectivity index (χ4n) is 1.60. The summed E-state index contributed by atoms with van der Waals surface area (Å²) in [5, 5.41) is 15.8. The van der Waals surface area contributed by atoms with Gasteiger partial charge in [0.2, 0.25) is 0 Å². The van der Waals surface area contributed by atoms with Crippen LogP contribution in [-0.2, 0) is 4.79 Å². The zero-order valence-electron chi connectivity index (χ0n) is 11.8. The van der Waals surface area contributed by atoms with Gasteiger partial charge in [0, 0.05) is 11.3 Å². The van der Waals surface area contributed by atoms with E-state index in [4.69, 9.17) is 0 Å². The topological polar surface area (TPSA) is 98.3 Å². The van der Waals surface area contributed by atoms with Crippen molar-refractivity contribution in [1.29, 1.82) is 0 Å². The van der Waals surface area contributed by atoms with E-state index in [1.54, 1.807) is 24.3 Å². The van der Waals surface area contributed by atoms with E-state index in [9.17, 15) is 19.5 Å². The fourth-order valence-corrected chi connectivity index (χ4v) is 2.07. The lowest BCUT2D eigenvalue weighted by molar-refractivity contribution is -0.308. The van der Waals surface area contributed by atoms with Gasteiger partial charge in [-0.15, -0.1) is 0 Å². The number of hydrogen-bond acceptors (Lipinski definition) is 5. The molecule has 114 valence electrons. The molecule has 0 bridgehead atoms. The molecule has 0 saturated carbocycles. The average Bonchev–Trinajstić information content (AvgIpc) is 2.43. The van der Waals surface area contributed by atoms with E-state index in [1.807, 2.05) is 6.26 Å². The molecule has 7 heteroatoms. The number of carboxylic acid groups (broad SMARTS) is 1. The quantitative estimate of drug-likeness (QED) is 0.729. The highest BCUT2D eigenvalue weighted by molar-refractivity contribution is 7.98. The first-order valence-electron chi connectivity index (χ1n) is 6.32. The summed E-state index contributed by atoms with van der Waals surface area (Å²) in [4.78, 5) is 33.8. The third kappa shape index (κ3) is 5.86. The van der Waals surface area contributed by atoms with Crippen LogP contribution in [0, 0.1) is 0 Å². The number of carboxylic acids is 1. The number of carbonyl (C=O) groups is 3. The first-order chi connectivity index (χ1) is 9.93. The second-order valence-electron chi connectivity index (χ2n) is 4.39. The van der Waals surface area contributed by atoms with Gasteiger partial charge in [0.1, 0.15) is 0 Å². The van der Waals surface area contributed by atoms with Gasteiger partial charge in [-0.3, -0.25) is 4.79 Å². The van der Waals surface area contributed by atoms with E-state index in [-0.39, 0.29) is 5.78 Å². The number of anilines is 1. The summed E-state index contributed by atoms with van der Waals surface area (Å²) < 4.78 is 0. The number of Topliss-reactive ketones (excluding diaryl/α,β-unsaturated/α-hetero) is 1. The second kappa shape index (κ2) is 8.31. The van der Waals surface area contributed by atoms with Crippen molar-refractivity contribution in [3.05, 3.63) is 29.8 Å². The SMILES string of the molecule is CSCC[C@H](NC(=O)Nc1ccc(C(C)=O)cc1)C(=O)[O-]. The number of benzene rings is 1. The molecule has 1 atom stereocenters. The van der Waals surface area contributed by atoms with Crippen LogP contribution in [0.15, 0.2) is 24.3 Å². The van der Waals surface area contributed by atoms with Gasteiger partial charge in [-0.2, -0.15) is 11.8 Å². The van der Waals surface area contributed by atoms with Crippen LogP contribution in [0.3, 0.4) is 0 Å². The Labute approximate surface area is 127 Å². The summed E-state index contributed by atoms with van der Waals surface area (Å²) in [5.41, 5.74) is 1.01. The Morgan fingerprint density at radius 1 is 1.24 bits per heavy atom. The minimum Gasteiger partial charge on any atom is -0.548 e. The lowest BCUT2D eigenvalue weighted by Crippen LogP contribution is -2.49. The van der Waals surface area contributed by atoms with Crippen molar-refractivity contribution in [2.75, 3.05) is 17.3 Å². The Morgan fingerprint density at radius 2 is 1.86 bits per heavy atom. The Hall–Kier alpha value is -2.02. The van der Waals surface area contributed by atoms with Crippen LogP contribution in [0.5, 0.6) is 0 Å². The molecule has 1 aromatic carbocycles. The van der Waals surface area contributed by atoms with Crippen LogP contribution in [0.25, 0.3) is 0 Å². The standard InChI is InChI=1S/C14H18N2O4S/c1-9(17)10-3-5-11(6-4-10)15-14(20)16-12(13(18)19)7-8-21-2/h3-6,12H,7-8H2,1-2H3,(H,18,19)(H2,15,16,20)/p-1/t12-/m0/s1. The molecule has 21 heavy (non-hydrogen) atoms.